The molecule has 0 saturated heterocycles. The third kappa shape index (κ3) is 3.51. The van der Waals surface area contributed by atoms with Crippen LogP contribution >= 0.6 is 0 Å². The Bertz CT molecular complexity index is 295. The largest absolute Gasteiger partial charge is 0.353 e. The lowest BCUT2D eigenvalue weighted by molar-refractivity contribution is -0.109. The molecule has 1 rings (SSSR count). The zero-order valence-electron chi connectivity index (χ0n) is 8.67. The van der Waals surface area contributed by atoms with Crippen LogP contribution in [0.4, 0.5) is 4.39 Å². The zero-order valence-corrected chi connectivity index (χ0v) is 8.67. The molecule has 1 amide bonds. The van der Waals surface area contributed by atoms with Crippen LogP contribution in [0.15, 0.2) is 12.3 Å². The predicted molar refractivity (Wildman–Crippen MR) is 55.3 cm³/mol. The summed E-state index contributed by atoms with van der Waals surface area (Å²) in [5, 5.41) is 2.35. The smallest absolute Gasteiger partial charge is 0.207 e. The average molecular weight is 200 g/mol. The van der Waals surface area contributed by atoms with Gasteiger partial charge in [0.15, 0.2) is 0 Å². The van der Waals surface area contributed by atoms with Crippen molar-refractivity contribution in [2.75, 3.05) is 0 Å². The highest BCUT2D eigenvalue weighted by atomic mass is 19.1. The highest BCUT2D eigenvalue weighted by Gasteiger charge is 2.04. The topological polar surface area (TPSA) is 42.0 Å². The first-order chi connectivity index (χ1) is 6.75. The lowest BCUT2D eigenvalue weighted by atomic mass is 10.2. The van der Waals surface area contributed by atoms with Crippen molar-refractivity contribution in [3.63, 3.8) is 0 Å². The van der Waals surface area contributed by atoms with Crippen molar-refractivity contribution in [3.05, 3.63) is 29.3 Å². The van der Waals surface area contributed by atoms with Crippen LogP contribution in [0.25, 0.3) is 0 Å². The number of nitrogens with one attached hydrogen (secondary N) is 1. The van der Waals surface area contributed by atoms with Crippen LogP contribution in [0, 0.1) is 12.7 Å². The molecule has 4 heteroatoms. The third-order valence-corrected chi connectivity index (χ3v) is 1.51. The summed E-state index contributed by atoms with van der Waals surface area (Å²) in [4.78, 5) is 13.7. The first kappa shape index (κ1) is 12.5. The minimum Gasteiger partial charge on any atom is -0.353 e. The van der Waals surface area contributed by atoms with Gasteiger partial charge in [-0.05, 0) is 18.6 Å². The Morgan fingerprint density at radius 1 is 1.64 bits per heavy atom. The molecule has 0 saturated carbocycles. The number of hydrogen-bond donors (Lipinski definition) is 1. The van der Waals surface area contributed by atoms with Crippen LogP contribution in [0.3, 0.4) is 0 Å². The van der Waals surface area contributed by atoms with Crippen LogP contribution in [-0.4, -0.2) is 11.4 Å². The van der Waals surface area contributed by atoms with Gasteiger partial charge in [0.25, 0.3) is 0 Å². The molecule has 1 aromatic heterocycles. The van der Waals surface area contributed by atoms with Crippen LogP contribution in [0.2, 0.25) is 0 Å². The molecule has 3 nitrogen and oxygen atoms in total. The number of aromatic nitrogens is 1. The lowest BCUT2D eigenvalue weighted by Crippen LogP contribution is -2.13. The zero-order chi connectivity index (χ0) is 11.0. The molecule has 0 bridgehead atoms. The molecular weight excluding hydrogens is 183 g/mol. The van der Waals surface area contributed by atoms with Gasteiger partial charge in [-0.25, -0.2) is 4.39 Å². The number of amides is 1. The summed E-state index contributed by atoms with van der Waals surface area (Å²) in [6, 6.07) is 1.58. The van der Waals surface area contributed by atoms with Gasteiger partial charge < -0.3 is 5.32 Å². The van der Waals surface area contributed by atoms with E-state index in [2.05, 4.69) is 10.3 Å². The van der Waals surface area contributed by atoms with E-state index in [0.29, 0.717) is 12.0 Å². The molecule has 0 aromatic carbocycles. The Balaban J connectivity index is 0. The molecule has 0 aliphatic heterocycles. The van der Waals surface area contributed by atoms with Gasteiger partial charge in [-0.1, -0.05) is 13.8 Å². The van der Waals surface area contributed by atoms with Crippen LogP contribution < -0.4 is 5.32 Å². The highest BCUT2D eigenvalue weighted by Crippen LogP contribution is 2.07. The fraction of sp³-hybridized carbons (Fsp3) is 0.400. The van der Waals surface area contributed by atoms with Crippen molar-refractivity contribution < 1.29 is 10.6 Å². The molecule has 0 atom stereocenters. The summed E-state index contributed by atoms with van der Waals surface area (Å²) in [5.41, 5.74) is 0.801. The van der Waals surface area contributed by atoms with Crippen molar-refractivity contribution in [2.45, 2.75) is 27.3 Å². The van der Waals surface area contributed by atoms with Gasteiger partial charge in [0.2, 0.25) is 6.41 Å². The van der Waals surface area contributed by atoms with Crippen molar-refractivity contribution in [1.82, 2.24) is 10.3 Å². The molecule has 0 aliphatic carbocycles. The normalized spacial score (nSPS) is 8.57. The average Bonchev–Trinajstić information content (AvgIpc) is 2.23. The molecular formula is C10H17FN2O. The fourth-order valence-electron chi connectivity index (χ4n) is 0.858. The van der Waals surface area contributed by atoms with E-state index in [1.807, 2.05) is 13.8 Å². The van der Waals surface area contributed by atoms with Gasteiger partial charge in [-0.3, -0.25) is 9.78 Å². The first-order valence-electron chi connectivity index (χ1n) is 4.52. The van der Waals surface area contributed by atoms with Gasteiger partial charge in [0.05, 0.1) is 12.2 Å². The minimum atomic E-state index is -0.355. The molecule has 0 fully saturated rings. The van der Waals surface area contributed by atoms with Crippen molar-refractivity contribution in [2.24, 2.45) is 0 Å². The molecule has 0 spiro atoms. The van der Waals surface area contributed by atoms with E-state index in [9.17, 15) is 9.18 Å². The van der Waals surface area contributed by atoms with E-state index < -0.39 is 0 Å². The summed E-state index contributed by atoms with van der Waals surface area (Å²) in [7, 11) is 0. The quantitative estimate of drug-likeness (QED) is 0.759. The van der Waals surface area contributed by atoms with E-state index >= 15 is 0 Å². The Kier molecular flexibility index (Phi) is 6.28. The predicted octanol–water partition coefficient (Wildman–Crippen LogP) is 2.05. The standard InChI is InChI=1S/C8H9FN2O.C2H6.H2/c1-6-2-3-11-7(8(6)9)4-10-5-12;1-2;/h2-3,5H,4H2,1H3,(H,10,12);1-2H3;1H. The number of nitrogens with zero attached hydrogens (tertiary/aromatic N) is 1. The van der Waals surface area contributed by atoms with Crippen LogP contribution in [0.1, 0.15) is 26.5 Å². The number of aryl methyl sites for hydroxylation is 1. The Labute approximate surface area is 84.8 Å². The molecule has 1 aromatic rings. The third-order valence-electron chi connectivity index (χ3n) is 1.51. The van der Waals surface area contributed by atoms with Crippen molar-refractivity contribution >= 4 is 6.41 Å². The first-order valence-corrected chi connectivity index (χ1v) is 4.52. The van der Waals surface area contributed by atoms with Crippen molar-refractivity contribution in [3.8, 4) is 0 Å². The van der Waals surface area contributed by atoms with Gasteiger partial charge in [0.1, 0.15) is 5.82 Å². The summed E-state index contributed by atoms with van der Waals surface area (Å²) in [6.45, 7) is 5.79. The number of carbonyl (C=O) groups excluding carboxylic acids is 1. The minimum absolute atomic E-state index is 0. The molecule has 1 heterocycles. The maximum atomic E-state index is 13.1. The van der Waals surface area contributed by atoms with E-state index in [1.165, 1.54) is 6.20 Å². The number of rotatable bonds is 3. The Morgan fingerprint density at radius 2 is 2.29 bits per heavy atom. The molecule has 0 aliphatic rings. The Hall–Kier alpha value is -1.45. The summed E-state index contributed by atoms with van der Waals surface area (Å²) in [6.07, 6.45) is 2.03. The summed E-state index contributed by atoms with van der Waals surface area (Å²) >= 11 is 0. The molecule has 0 radical (unpaired) electrons. The van der Waals surface area contributed by atoms with Gasteiger partial charge in [0, 0.05) is 7.62 Å². The maximum absolute atomic E-state index is 13.1. The molecule has 1 N–H and O–H groups in total. The second kappa shape index (κ2) is 7.00. The molecule has 0 unspecified atom stereocenters. The summed E-state index contributed by atoms with van der Waals surface area (Å²) in [5.74, 6) is -0.355. The highest BCUT2D eigenvalue weighted by molar-refractivity contribution is 5.46. The lowest BCUT2D eigenvalue weighted by Gasteiger charge is -2.02. The summed E-state index contributed by atoms with van der Waals surface area (Å²) < 4.78 is 13.1. The number of hydrogen-bond acceptors (Lipinski definition) is 2. The number of pyridine rings is 1. The monoisotopic (exact) mass is 200 g/mol. The van der Waals surface area contributed by atoms with E-state index in [1.54, 1.807) is 13.0 Å². The van der Waals surface area contributed by atoms with Gasteiger partial charge in [-0.2, -0.15) is 0 Å². The number of carbonyl (C=O) groups is 1. The second-order valence-electron chi connectivity index (χ2n) is 2.39. The number of halogens is 1. The SMILES string of the molecule is CC.Cc1ccnc(CNC=O)c1F.[HH]. The van der Waals surface area contributed by atoms with E-state index in [-0.39, 0.29) is 19.5 Å². The van der Waals surface area contributed by atoms with Gasteiger partial charge in [-0.15, -0.1) is 0 Å². The maximum Gasteiger partial charge on any atom is 0.207 e. The van der Waals surface area contributed by atoms with Crippen molar-refractivity contribution in [1.29, 1.82) is 0 Å². The van der Waals surface area contributed by atoms with E-state index in [4.69, 9.17) is 0 Å². The van der Waals surface area contributed by atoms with Crippen LogP contribution in [0.5, 0.6) is 0 Å². The Morgan fingerprint density at radius 3 is 2.86 bits per heavy atom. The van der Waals surface area contributed by atoms with E-state index in [0.717, 1.165) is 0 Å². The molecule has 80 valence electrons. The van der Waals surface area contributed by atoms with Crippen LogP contribution in [-0.2, 0) is 11.3 Å². The molecule has 14 heavy (non-hydrogen) atoms. The second-order valence-corrected chi connectivity index (χ2v) is 2.39. The van der Waals surface area contributed by atoms with Gasteiger partial charge >= 0.3 is 0 Å². The fourth-order valence-corrected chi connectivity index (χ4v) is 0.858.